The zero-order chi connectivity index (χ0) is 14.4. The van der Waals surface area contributed by atoms with Crippen LogP contribution >= 0.6 is 0 Å². The summed E-state index contributed by atoms with van der Waals surface area (Å²) in [5.74, 6) is -1.98. The monoisotopic (exact) mass is 267 g/mol. The van der Waals surface area contributed by atoms with Crippen LogP contribution in [0.25, 0.3) is 0 Å². The van der Waals surface area contributed by atoms with Gasteiger partial charge in [0.15, 0.2) is 0 Å². The third kappa shape index (κ3) is 4.69. The standard InChI is InChI=1S/C14H18FNO3/c1-3-9(2)13(17)16-12(14(18)19)8-10-4-6-11(15)7-5-10/h4-7,9,12H,3,8H2,1-2H3,(H,16,17)(H,18,19)/t9-,12-/m1/s1. The molecule has 2 atom stereocenters. The van der Waals surface area contributed by atoms with Gasteiger partial charge in [-0.05, 0) is 24.1 Å². The molecule has 4 nitrogen and oxygen atoms in total. The molecule has 104 valence electrons. The normalized spacial score (nSPS) is 13.6. The lowest BCUT2D eigenvalue weighted by molar-refractivity contribution is -0.142. The third-order valence-electron chi connectivity index (χ3n) is 3.03. The first kappa shape index (κ1) is 15.1. The van der Waals surface area contributed by atoms with Crippen molar-refractivity contribution < 1.29 is 19.1 Å². The van der Waals surface area contributed by atoms with E-state index in [4.69, 9.17) is 5.11 Å². The number of nitrogens with one attached hydrogen (secondary N) is 1. The molecule has 1 aromatic rings. The van der Waals surface area contributed by atoms with E-state index in [0.29, 0.717) is 12.0 Å². The van der Waals surface area contributed by atoms with Gasteiger partial charge in [0.05, 0.1) is 0 Å². The zero-order valence-electron chi connectivity index (χ0n) is 11.0. The largest absolute Gasteiger partial charge is 0.480 e. The Labute approximate surface area is 111 Å². The van der Waals surface area contributed by atoms with Crippen molar-refractivity contribution in [3.8, 4) is 0 Å². The van der Waals surface area contributed by atoms with Crippen molar-refractivity contribution in [1.29, 1.82) is 0 Å². The van der Waals surface area contributed by atoms with Gasteiger partial charge < -0.3 is 10.4 Å². The molecule has 0 saturated heterocycles. The Hall–Kier alpha value is -1.91. The minimum Gasteiger partial charge on any atom is -0.480 e. The number of rotatable bonds is 6. The number of hydrogen-bond donors (Lipinski definition) is 2. The summed E-state index contributed by atoms with van der Waals surface area (Å²) >= 11 is 0. The van der Waals surface area contributed by atoms with E-state index in [0.717, 1.165) is 0 Å². The summed E-state index contributed by atoms with van der Waals surface area (Å²) < 4.78 is 12.8. The molecule has 2 N–H and O–H groups in total. The second-order valence-corrected chi connectivity index (χ2v) is 4.54. The quantitative estimate of drug-likeness (QED) is 0.828. The lowest BCUT2D eigenvalue weighted by atomic mass is 10.0. The van der Waals surface area contributed by atoms with Gasteiger partial charge in [-0.25, -0.2) is 9.18 Å². The highest BCUT2D eigenvalue weighted by Gasteiger charge is 2.22. The fourth-order valence-electron chi connectivity index (χ4n) is 1.56. The predicted octanol–water partition coefficient (Wildman–Crippen LogP) is 1.98. The van der Waals surface area contributed by atoms with Crippen molar-refractivity contribution in [2.75, 3.05) is 0 Å². The summed E-state index contributed by atoms with van der Waals surface area (Å²) in [4.78, 5) is 22.8. The van der Waals surface area contributed by atoms with Gasteiger partial charge in [-0.3, -0.25) is 4.79 Å². The summed E-state index contributed by atoms with van der Waals surface area (Å²) in [5, 5.41) is 11.6. The van der Waals surface area contributed by atoms with Gasteiger partial charge in [-0.15, -0.1) is 0 Å². The summed E-state index contributed by atoms with van der Waals surface area (Å²) in [6, 6.07) is 4.57. The van der Waals surface area contributed by atoms with Gasteiger partial charge >= 0.3 is 5.97 Å². The smallest absolute Gasteiger partial charge is 0.326 e. The topological polar surface area (TPSA) is 66.4 Å². The molecule has 0 aliphatic heterocycles. The molecule has 0 aromatic heterocycles. The van der Waals surface area contributed by atoms with Crippen molar-refractivity contribution >= 4 is 11.9 Å². The lowest BCUT2D eigenvalue weighted by Crippen LogP contribution is -2.44. The molecule has 1 rings (SSSR count). The first-order chi connectivity index (χ1) is 8.93. The van der Waals surface area contributed by atoms with Gasteiger partial charge in [0, 0.05) is 12.3 Å². The Kier molecular flexibility index (Phi) is 5.48. The highest BCUT2D eigenvalue weighted by molar-refractivity contribution is 5.84. The number of hydrogen-bond acceptors (Lipinski definition) is 2. The second-order valence-electron chi connectivity index (χ2n) is 4.54. The number of halogens is 1. The Morgan fingerprint density at radius 2 is 1.89 bits per heavy atom. The number of carboxylic acids is 1. The summed E-state index contributed by atoms with van der Waals surface area (Å²) in [6.45, 7) is 3.60. The van der Waals surface area contributed by atoms with Crippen molar-refractivity contribution in [3.05, 3.63) is 35.6 Å². The molecule has 1 amide bonds. The van der Waals surface area contributed by atoms with E-state index in [2.05, 4.69) is 5.32 Å². The number of carboxylic acid groups (broad SMARTS) is 1. The van der Waals surface area contributed by atoms with Crippen LogP contribution in [0, 0.1) is 11.7 Å². The van der Waals surface area contributed by atoms with Crippen LogP contribution < -0.4 is 5.32 Å². The molecule has 5 heteroatoms. The van der Waals surface area contributed by atoms with Gasteiger partial charge in [0.25, 0.3) is 0 Å². The third-order valence-corrected chi connectivity index (χ3v) is 3.03. The van der Waals surface area contributed by atoms with Gasteiger partial charge in [0.1, 0.15) is 11.9 Å². The van der Waals surface area contributed by atoms with Crippen LogP contribution in [0.15, 0.2) is 24.3 Å². The van der Waals surface area contributed by atoms with Crippen molar-refractivity contribution in [1.82, 2.24) is 5.32 Å². The van der Waals surface area contributed by atoms with E-state index >= 15 is 0 Å². The fraction of sp³-hybridized carbons (Fsp3) is 0.429. The summed E-state index contributed by atoms with van der Waals surface area (Å²) in [6.07, 6.45) is 0.784. The van der Waals surface area contributed by atoms with Crippen molar-refractivity contribution in [2.45, 2.75) is 32.7 Å². The zero-order valence-corrected chi connectivity index (χ0v) is 11.0. The predicted molar refractivity (Wildman–Crippen MR) is 69.1 cm³/mol. The molecule has 0 spiro atoms. The molecule has 19 heavy (non-hydrogen) atoms. The van der Waals surface area contributed by atoms with Crippen LogP contribution in [0.2, 0.25) is 0 Å². The first-order valence-electron chi connectivity index (χ1n) is 6.21. The van der Waals surface area contributed by atoms with E-state index < -0.39 is 12.0 Å². The summed E-state index contributed by atoms with van der Waals surface area (Å²) in [5.41, 5.74) is 0.665. The number of amides is 1. The number of benzene rings is 1. The molecule has 0 bridgehead atoms. The van der Waals surface area contributed by atoms with Crippen molar-refractivity contribution in [3.63, 3.8) is 0 Å². The van der Waals surface area contributed by atoms with Gasteiger partial charge in [0.2, 0.25) is 5.91 Å². The van der Waals surface area contributed by atoms with E-state index in [1.165, 1.54) is 24.3 Å². The molecule has 0 fully saturated rings. The SMILES string of the molecule is CC[C@@H](C)C(=O)N[C@H](Cc1ccc(F)cc1)C(=O)O. The maximum absolute atomic E-state index is 12.8. The van der Waals surface area contributed by atoms with Crippen LogP contribution in [-0.4, -0.2) is 23.0 Å². The number of carbonyl (C=O) groups is 2. The fourth-order valence-corrected chi connectivity index (χ4v) is 1.56. The molecule has 0 aliphatic rings. The molecule has 0 radical (unpaired) electrons. The molecule has 0 unspecified atom stereocenters. The Balaban J connectivity index is 2.71. The molecular formula is C14H18FNO3. The Morgan fingerprint density at radius 1 is 1.32 bits per heavy atom. The minimum atomic E-state index is -1.10. The van der Waals surface area contributed by atoms with E-state index in [-0.39, 0.29) is 24.1 Å². The van der Waals surface area contributed by atoms with Crippen LogP contribution in [0.1, 0.15) is 25.8 Å². The molecule has 1 aromatic carbocycles. The maximum atomic E-state index is 12.8. The van der Waals surface area contributed by atoms with E-state index in [1.807, 2.05) is 6.92 Å². The number of carbonyl (C=O) groups excluding carboxylic acids is 1. The first-order valence-corrected chi connectivity index (χ1v) is 6.21. The van der Waals surface area contributed by atoms with E-state index in [9.17, 15) is 14.0 Å². The van der Waals surface area contributed by atoms with Crippen LogP contribution in [-0.2, 0) is 16.0 Å². The average molecular weight is 267 g/mol. The van der Waals surface area contributed by atoms with Crippen LogP contribution in [0.5, 0.6) is 0 Å². The summed E-state index contributed by atoms with van der Waals surface area (Å²) in [7, 11) is 0. The van der Waals surface area contributed by atoms with Crippen molar-refractivity contribution in [2.24, 2.45) is 5.92 Å². The van der Waals surface area contributed by atoms with Crippen LogP contribution in [0.4, 0.5) is 4.39 Å². The van der Waals surface area contributed by atoms with Gasteiger partial charge in [-0.1, -0.05) is 26.0 Å². The Bertz CT molecular complexity index is 445. The van der Waals surface area contributed by atoms with E-state index in [1.54, 1.807) is 6.92 Å². The molecule has 0 heterocycles. The highest BCUT2D eigenvalue weighted by Crippen LogP contribution is 2.08. The average Bonchev–Trinajstić information content (AvgIpc) is 2.39. The molecular weight excluding hydrogens is 249 g/mol. The number of aliphatic carboxylic acids is 1. The van der Waals surface area contributed by atoms with Crippen LogP contribution in [0.3, 0.4) is 0 Å². The minimum absolute atomic E-state index is 0.137. The molecule has 0 aliphatic carbocycles. The molecule has 0 saturated carbocycles. The van der Waals surface area contributed by atoms with Gasteiger partial charge in [-0.2, -0.15) is 0 Å². The maximum Gasteiger partial charge on any atom is 0.326 e. The Morgan fingerprint density at radius 3 is 2.37 bits per heavy atom. The second kappa shape index (κ2) is 6.87. The lowest BCUT2D eigenvalue weighted by Gasteiger charge is -2.17. The highest BCUT2D eigenvalue weighted by atomic mass is 19.1.